The second-order valence-corrected chi connectivity index (χ2v) is 5.96. The molecular weight excluding hydrogens is 266 g/mol. The summed E-state index contributed by atoms with van der Waals surface area (Å²) in [5, 5.41) is 4.51. The summed E-state index contributed by atoms with van der Waals surface area (Å²) < 4.78 is 0. The summed E-state index contributed by atoms with van der Waals surface area (Å²) in [4.78, 5) is 0. The third-order valence-electron chi connectivity index (χ3n) is 4.23. The molecule has 0 spiro atoms. The smallest absolute Gasteiger partial charge is 0.0409 e. The molecule has 2 aromatic carbocycles. The van der Waals surface area contributed by atoms with E-state index in [1.54, 1.807) is 0 Å². The highest BCUT2D eigenvalue weighted by molar-refractivity contribution is 6.30. The standard InChI is InChI=1S/C18H20ClN/c1-2-18(14-7-5-8-16(19)11-14)20-12-15-10-13-6-3-4-9-17(13)15/h3-9,11,15,18,20H,2,10,12H2,1H3. The van der Waals surface area contributed by atoms with Crippen molar-refractivity contribution in [1.82, 2.24) is 5.32 Å². The lowest BCUT2D eigenvalue weighted by Crippen LogP contribution is -2.31. The van der Waals surface area contributed by atoms with Gasteiger partial charge in [-0.1, -0.05) is 54.9 Å². The Bertz CT molecular complexity index is 593. The molecule has 1 N–H and O–H groups in total. The lowest BCUT2D eigenvalue weighted by molar-refractivity contribution is 0.461. The van der Waals surface area contributed by atoms with Crippen molar-refractivity contribution in [2.24, 2.45) is 0 Å². The Kier molecular flexibility index (Phi) is 4.09. The van der Waals surface area contributed by atoms with Gasteiger partial charge in [-0.3, -0.25) is 0 Å². The molecule has 0 fully saturated rings. The van der Waals surface area contributed by atoms with E-state index >= 15 is 0 Å². The van der Waals surface area contributed by atoms with Crippen LogP contribution in [-0.4, -0.2) is 6.54 Å². The van der Waals surface area contributed by atoms with Gasteiger partial charge in [0.15, 0.2) is 0 Å². The zero-order valence-corrected chi connectivity index (χ0v) is 12.5. The van der Waals surface area contributed by atoms with E-state index in [0.29, 0.717) is 12.0 Å². The van der Waals surface area contributed by atoms with Crippen LogP contribution in [0.2, 0.25) is 5.02 Å². The third kappa shape index (κ3) is 2.74. The number of halogens is 1. The van der Waals surface area contributed by atoms with Gasteiger partial charge in [0.25, 0.3) is 0 Å². The third-order valence-corrected chi connectivity index (χ3v) is 4.47. The van der Waals surface area contributed by atoms with Crippen molar-refractivity contribution in [3.63, 3.8) is 0 Å². The van der Waals surface area contributed by atoms with Crippen molar-refractivity contribution in [2.45, 2.75) is 31.7 Å². The highest BCUT2D eigenvalue weighted by Crippen LogP contribution is 2.34. The largest absolute Gasteiger partial charge is 0.309 e. The summed E-state index contributed by atoms with van der Waals surface area (Å²) in [6.07, 6.45) is 2.28. The van der Waals surface area contributed by atoms with E-state index in [2.05, 4.69) is 48.6 Å². The van der Waals surface area contributed by atoms with E-state index in [1.807, 2.05) is 12.1 Å². The molecular formula is C18H20ClN. The van der Waals surface area contributed by atoms with Gasteiger partial charge in [0.05, 0.1) is 0 Å². The average molecular weight is 286 g/mol. The molecule has 0 saturated heterocycles. The molecule has 20 heavy (non-hydrogen) atoms. The van der Waals surface area contributed by atoms with Crippen molar-refractivity contribution in [2.75, 3.05) is 6.54 Å². The first-order chi connectivity index (χ1) is 9.78. The van der Waals surface area contributed by atoms with Gasteiger partial charge in [0, 0.05) is 23.5 Å². The molecule has 0 heterocycles. The molecule has 3 rings (SSSR count). The highest BCUT2D eigenvalue weighted by Gasteiger charge is 2.25. The molecule has 104 valence electrons. The molecule has 0 saturated carbocycles. The molecule has 1 aliphatic carbocycles. The molecule has 2 atom stereocenters. The van der Waals surface area contributed by atoms with Crippen molar-refractivity contribution >= 4 is 11.6 Å². The minimum atomic E-state index is 0.390. The van der Waals surface area contributed by atoms with Crippen molar-refractivity contribution in [3.05, 3.63) is 70.2 Å². The maximum Gasteiger partial charge on any atom is 0.0409 e. The van der Waals surface area contributed by atoms with Crippen LogP contribution in [0.15, 0.2) is 48.5 Å². The summed E-state index contributed by atoms with van der Waals surface area (Å²) in [5.74, 6) is 0.666. The van der Waals surface area contributed by atoms with Crippen LogP contribution < -0.4 is 5.32 Å². The number of fused-ring (bicyclic) bond motifs is 1. The van der Waals surface area contributed by atoms with Crippen LogP contribution in [0, 0.1) is 0 Å². The van der Waals surface area contributed by atoms with Crippen LogP contribution in [0.25, 0.3) is 0 Å². The summed E-state index contributed by atoms with van der Waals surface area (Å²) in [6, 6.07) is 17.3. The quantitative estimate of drug-likeness (QED) is 0.838. The van der Waals surface area contributed by atoms with Crippen LogP contribution in [-0.2, 0) is 6.42 Å². The number of benzene rings is 2. The van der Waals surface area contributed by atoms with Gasteiger partial charge in [0.1, 0.15) is 0 Å². The van der Waals surface area contributed by atoms with Crippen LogP contribution in [0.1, 0.15) is 42.0 Å². The summed E-state index contributed by atoms with van der Waals surface area (Å²) in [5.41, 5.74) is 4.31. The fourth-order valence-electron chi connectivity index (χ4n) is 3.05. The zero-order valence-electron chi connectivity index (χ0n) is 11.8. The maximum atomic E-state index is 6.09. The van der Waals surface area contributed by atoms with Crippen molar-refractivity contribution in [3.8, 4) is 0 Å². The SMILES string of the molecule is CCC(NCC1Cc2ccccc21)c1cccc(Cl)c1. The zero-order chi connectivity index (χ0) is 13.9. The molecule has 2 aromatic rings. The predicted octanol–water partition coefficient (Wildman–Crippen LogP) is 4.72. The molecule has 2 heteroatoms. The normalized spacial score (nSPS) is 18.2. The first kappa shape index (κ1) is 13.7. The number of rotatable bonds is 5. The van der Waals surface area contributed by atoms with E-state index in [9.17, 15) is 0 Å². The average Bonchev–Trinajstić information content (AvgIpc) is 2.44. The monoisotopic (exact) mass is 285 g/mol. The van der Waals surface area contributed by atoms with E-state index in [1.165, 1.54) is 23.1 Å². The second kappa shape index (κ2) is 5.99. The van der Waals surface area contributed by atoms with Gasteiger partial charge in [-0.15, -0.1) is 0 Å². The molecule has 0 amide bonds. The Hall–Kier alpha value is -1.31. The summed E-state index contributed by atoms with van der Waals surface area (Å²) in [6.45, 7) is 3.26. The molecule has 0 radical (unpaired) electrons. The van der Waals surface area contributed by atoms with Gasteiger partial charge in [-0.2, -0.15) is 0 Å². The number of hydrogen-bond donors (Lipinski definition) is 1. The molecule has 2 unspecified atom stereocenters. The van der Waals surface area contributed by atoms with Crippen LogP contribution >= 0.6 is 11.6 Å². The Balaban J connectivity index is 1.63. The summed E-state index contributed by atoms with van der Waals surface area (Å²) in [7, 11) is 0. The minimum Gasteiger partial charge on any atom is -0.309 e. The first-order valence-electron chi connectivity index (χ1n) is 7.34. The predicted molar refractivity (Wildman–Crippen MR) is 85.4 cm³/mol. The highest BCUT2D eigenvalue weighted by atomic mass is 35.5. The Morgan fingerprint density at radius 3 is 2.80 bits per heavy atom. The van der Waals surface area contributed by atoms with Gasteiger partial charge in [0.2, 0.25) is 0 Å². The number of hydrogen-bond acceptors (Lipinski definition) is 1. The Labute approximate surface area is 126 Å². The molecule has 1 nitrogen and oxygen atoms in total. The van der Waals surface area contributed by atoms with Gasteiger partial charge < -0.3 is 5.32 Å². The number of nitrogens with one attached hydrogen (secondary N) is 1. The van der Waals surface area contributed by atoms with Crippen LogP contribution in [0.4, 0.5) is 0 Å². The van der Waals surface area contributed by atoms with Crippen LogP contribution in [0.5, 0.6) is 0 Å². The van der Waals surface area contributed by atoms with Gasteiger partial charge >= 0.3 is 0 Å². The second-order valence-electron chi connectivity index (χ2n) is 5.52. The van der Waals surface area contributed by atoms with E-state index in [0.717, 1.165) is 18.0 Å². The molecule has 1 aliphatic rings. The molecule has 0 bridgehead atoms. The topological polar surface area (TPSA) is 12.0 Å². The fraction of sp³-hybridized carbons (Fsp3) is 0.333. The van der Waals surface area contributed by atoms with E-state index in [4.69, 9.17) is 11.6 Å². The first-order valence-corrected chi connectivity index (χ1v) is 7.72. The lowest BCUT2D eigenvalue weighted by Gasteiger charge is -2.32. The molecule has 0 aromatic heterocycles. The minimum absolute atomic E-state index is 0.390. The van der Waals surface area contributed by atoms with Gasteiger partial charge in [-0.25, -0.2) is 0 Å². The molecule has 0 aliphatic heterocycles. The Morgan fingerprint density at radius 2 is 2.05 bits per heavy atom. The van der Waals surface area contributed by atoms with Crippen molar-refractivity contribution in [1.29, 1.82) is 0 Å². The van der Waals surface area contributed by atoms with Gasteiger partial charge in [-0.05, 0) is 41.7 Å². The van der Waals surface area contributed by atoms with E-state index in [-0.39, 0.29) is 0 Å². The summed E-state index contributed by atoms with van der Waals surface area (Å²) >= 11 is 6.09. The maximum absolute atomic E-state index is 6.09. The van der Waals surface area contributed by atoms with Crippen LogP contribution in [0.3, 0.4) is 0 Å². The lowest BCUT2D eigenvalue weighted by atomic mass is 9.77. The Morgan fingerprint density at radius 1 is 1.20 bits per heavy atom. The fourth-order valence-corrected chi connectivity index (χ4v) is 3.25. The van der Waals surface area contributed by atoms with Crippen molar-refractivity contribution < 1.29 is 0 Å². The van der Waals surface area contributed by atoms with E-state index < -0.39 is 0 Å².